The Labute approximate surface area is 101 Å². The van der Waals surface area contributed by atoms with Gasteiger partial charge >= 0.3 is 0 Å². The second-order valence-corrected chi connectivity index (χ2v) is 5.95. The molecule has 1 spiro atoms. The van der Waals surface area contributed by atoms with Crippen LogP contribution in [0.3, 0.4) is 0 Å². The molecular weight excluding hydrogens is 224 g/mol. The van der Waals surface area contributed by atoms with Crippen molar-refractivity contribution in [1.82, 2.24) is 4.90 Å². The van der Waals surface area contributed by atoms with E-state index in [9.17, 15) is 8.78 Å². The topological polar surface area (TPSA) is 12.5 Å². The van der Waals surface area contributed by atoms with Gasteiger partial charge in [-0.3, -0.25) is 0 Å². The third-order valence-electron chi connectivity index (χ3n) is 4.64. The van der Waals surface area contributed by atoms with Crippen molar-refractivity contribution >= 4 is 0 Å². The number of nitrogens with zero attached hydrogens (tertiary/aromatic N) is 1. The van der Waals surface area contributed by atoms with Crippen molar-refractivity contribution in [2.45, 2.75) is 50.0 Å². The molecule has 3 rings (SSSR count). The molecule has 0 N–H and O–H groups in total. The summed E-state index contributed by atoms with van der Waals surface area (Å²) in [6.07, 6.45) is 5.78. The van der Waals surface area contributed by atoms with E-state index in [1.165, 1.54) is 19.3 Å². The maximum absolute atomic E-state index is 12.8. The summed E-state index contributed by atoms with van der Waals surface area (Å²) < 4.78 is 31.6. The van der Waals surface area contributed by atoms with Gasteiger partial charge in [-0.15, -0.1) is 0 Å². The first-order valence-corrected chi connectivity index (χ1v) is 6.84. The summed E-state index contributed by atoms with van der Waals surface area (Å²) in [6.45, 7) is 3.35. The number of hydrogen-bond donors (Lipinski definition) is 0. The third kappa shape index (κ3) is 2.48. The fraction of sp³-hybridized carbons (Fsp3) is 1.00. The van der Waals surface area contributed by atoms with E-state index in [0.717, 1.165) is 32.5 Å². The minimum atomic E-state index is -2.36. The second-order valence-electron chi connectivity index (χ2n) is 5.95. The summed E-state index contributed by atoms with van der Waals surface area (Å²) in [5.74, 6) is -2.74. The van der Waals surface area contributed by atoms with Crippen molar-refractivity contribution in [3.05, 3.63) is 0 Å². The first-order valence-electron chi connectivity index (χ1n) is 6.84. The molecule has 3 fully saturated rings. The van der Waals surface area contributed by atoms with E-state index in [1.54, 1.807) is 0 Å². The summed E-state index contributed by atoms with van der Waals surface area (Å²) >= 11 is 0. The highest BCUT2D eigenvalue weighted by Gasteiger charge is 2.57. The number of alkyl halides is 2. The first kappa shape index (κ1) is 11.8. The van der Waals surface area contributed by atoms with Crippen LogP contribution in [0.15, 0.2) is 0 Å². The lowest BCUT2D eigenvalue weighted by molar-refractivity contribution is -0.112. The van der Waals surface area contributed by atoms with Gasteiger partial charge in [-0.2, -0.15) is 0 Å². The largest absolute Gasteiger partial charge is 0.375 e. The highest BCUT2D eigenvalue weighted by Crippen LogP contribution is 2.49. The average Bonchev–Trinajstić information content (AvgIpc) is 2.91. The van der Waals surface area contributed by atoms with Gasteiger partial charge in [0.1, 0.15) is 0 Å². The van der Waals surface area contributed by atoms with Crippen molar-refractivity contribution in [3.8, 4) is 0 Å². The van der Waals surface area contributed by atoms with Gasteiger partial charge in [0, 0.05) is 38.6 Å². The molecule has 17 heavy (non-hydrogen) atoms. The molecule has 0 radical (unpaired) electrons. The lowest BCUT2D eigenvalue weighted by Gasteiger charge is -2.44. The highest BCUT2D eigenvalue weighted by molar-refractivity contribution is 4.98. The van der Waals surface area contributed by atoms with Gasteiger partial charge in [-0.1, -0.05) is 0 Å². The summed E-state index contributed by atoms with van der Waals surface area (Å²) in [5.41, 5.74) is 0.0980. The van der Waals surface area contributed by atoms with E-state index in [-0.39, 0.29) is 17.9 Å². The lowest BCUT2D eigenvalue weighted by atomic mass is 9.84. The Morgan fingerprint density at radius 3 is 2.35 bits per heavy atom. The van der Waals surface area contributed by atoms with Gasteiger partial charge in [0.25, 0.3) is 5.92 Å². The van der Waals surface area contributed by atoms with Crippen LogP contribution in [-0.2, 0) is 4.74 Å². The molecule has 4 heteroatoms. The quantitative estimate of drug-likeness (QED) is 0.741. The van der Waals surface area contributed by atoms with Crippen molar-refractivity contribution in [2.24, 2.45) is 5.92 Å². The molecule has 0 aromatic carbocycles. The number of halogens is 2. The molecule has 2 nitrogen and oxygen atoms in total. The third-order valence-corrected chi connectivity index (χ3v) is 4.64. The predicted molar refractivity (Wildman–Crippen MR) is 61.3 cm³/mol. The van der Waals surface area contributed by atoms with Gasteiger partial charge in [0.05, 0.1) is 5.60 Å². The van der Waals surface area contributed by atoms with Crippen LogP contribution in [0.4, 0.5) is 8.78 Å². The Morgan fingerprint density at radius 1 is 1.12 bits per heavy atom. The highest BCUT2D eigenvalue weighted by atomic mass is 19.3. The van der Waals surface area contributed by atoms with Crippen LogP contribution < -0.4 is 0 Å². The fourth-order valence-electron chi connectivity index (χ4n) is 3.23. The van der Waals surface area contributed by atoms with Crippen LogP contribution in [0.2, 0.25) is 0 Å². The lowest BCUT2D eigenvalue weighted by Crippen LogP contribution is -2.48. The van der Waals surface area contributed by atoms with Crippen LogP contribution in [-0.4, -0.2) is 42.7 Å². The van der Waals surface area contributed by atoms with Crippen molar-refractivity contribution in [3.63, 3.8) is 0 Å². The van der Waals surface area contributed by atoms with E-state index in [2.05, 4.69) is 4.90 Å². The van der Waals surface area contributed by atoms with Gasteiger partial charge < -0.3 is 9.64 Å². The van der Waals surface area contributed by atoms with Crippen LogP contribution in [0.25, 0.3) is 0 Å². The Morgan fingerprint density at radius 2 is 1.82 bits per heavy atom. The molecule has 0 aromatic rings. The van der Waals surface area contributed by atoms with Gasteiger partial charge in [-0.05, 0) is 32.1 Å². The fourth-order valence-corrected chi connectivity index (χ4v) is 3.23. The zero-order valence-corrected chi connectivity index (χ0v) is 10.3. The Kier molecular flexibility index (Phi) is 2.90. The summed E-state index contributed by atoms with van der Waals surface area (Å²) in [6, 6.07) is 0. The predicted octanol–water partition coefficient (Wildman–Crippen LogP) is 2.68. The van der Waals surface area contributed by atoms with Gasteiger partial charge in [0.2, 0.25) is 0 Å². The Hall–Kier alpha value is -0.220. The van der Waals surface area contributed by atoms with E-state index in [1.807, 2.05) is 0 Å². The monoisotopic (exact) mass is 245 g/mol. The Bertz CT molecular complexity index is 279. The van der Waals surface area contributed by atoms with Crippen molar-refractivity contribution in [1.29, 1.82) is 0 Å². The number of piperidine rings is 1. The van der Waals surface area contributed by atoms with Crippen LogP contribution >= 0.6 is 0 Å². The minimum Gasteiger partial charge on any atom is -0.375 e. The molecular formula is C13H21F2NO. The number of rotatable bonds is 2. The standard InChI is InChI=1S/C13H21F2NO/c14-13(15)9-11(13)10-16-6-4-12(5-7-16)3-1-2-8-17-12/h11H,1-10H2. The van der Waals surface area contributed by atoms with Crippen molar-refractivity contribution < 1.29 is 13.5 Å². The first-order chi connectivity index (χ1) is 8.10. The molecule has 2 aliphatic heterocycles. The van der Waals surface area contributed by atoms with Crippen LogP contribution in [0.1, 0.15) is 38.5 Å². The van der Waals surface area contributed by atoms with E-state index in [0.29, 0.717) is 6.54 Å². The summed E-state index contributed by atoms with van der Waals surface area (Å²) in [5, 5.41) is 0. The zero-order chi connectivity index (χ0) is 11.9. The number of hydrogen-bond acceptors (Lipinski definition) is 2. The second kappa shape index (κ2) is 4.16. The van der Waals surface area contributed by atoms with E-state index < -0.39 is 5.92 Å². The van der Waals surface area contributed by atoms with E-state index >= 15 is 0 Å². The minimum absolute atomic E-state index is 0.0980. The normalized spacial score (nSPS) is 36.0. The zero-order valence-electron chi connectivity index (χ0n) is 10.3. The summed E-state index contributed by atoms with van der Waals surface area (Å²) in [4.78, 5) is 2.20. The van der Waals surface area contributed by atoms with Crippen LogP contribution in [0.5, 0.6) is 0 Å². The van der Waals surface area contributed by atoms with Crippen LogP contribution in [0, 0.1) is 5.92 Å². The number of ether oxygens (including phenoxy) is 1. The number of likely N-dealkylation sites (tertiary alicyclic amines) is 1. The molecule has 1 saturated carbocycles. The van der Waals surface area contributed by atoms with Gasteiger partial charge in [-0.25, -0.2) is 8.78 Å². The van der Waals surface area contributed by atoms with Crippen molar-refractivity contribution in [2.75, 3.05) is 26.2 Å². The maximum atomic E-state index is 12.8. The average molecular weight is 245 g/mol. The molecule has 98 valence electrons. The molecule has 0 bridgehead atoms. The van der Waals surface area contributed by atoms with E-state index in [4.69, 9.17) is 4.74 Å². The molecule has 1 atom stereocenters. The molecule has 2 saturated heterocycles. The molecule has 0 aromatic heterocycles. The smallest absolute Gasteiger partial charge is 0.252 e. The SMILES string of the molecule is FC1(F)CC1CN1CCC2(CCCCO2)CC1. The molecule has 1 unspecified atom stereocenters. The molecule has 3 aliphatic rings. The van der Waals surface area contributed by atoms with Gasteiger partial charge in [0.15, 0.2) is 0 Å². The maximum Gasteiger partial charge on any atom is 0.252 e. The molecule has 2 heterocycles. The Balaban J connectivity index is 1.47. The molecule has 0 amide bonds. The molecule has 1 aliphatic carbocycles. The summed E-state index contributed by atoms with van der Waals surface area (Å²) in [7, 11) is 0.